The maximum absolute atomic E-state index is 11.8. The van der Waals surface area contributed by atoms with E-state index in [9.17, 15) is 9.59 Å². The van der Waals surface area contributed by atoms with Crippen molar-refractivity contribution in [3.8, 4) is 5.75 Å². The normalized spacial score (nSPS) is 13.7. The lowest BCUT2D eigenvalue weighted by Crippen LogP contribution is -2.41. The van der Waals surface area contributed by atoms with Crippen molar-refractivity contribution in [1.29, 1.82) is 0 Å². The van der Waals surface area contributed by atoms with Gasteiger partial charge in [-0.3, -0.25) is 4.79 Å². The van der Waals surface area contributed by atoms with Crippen molar-refractivity contribution in [2.45, 2.75) is 72.1 Å². The van der Waals surface area contributed by atoms with Gasteiger partial charge in [-0.15, -0.1) is 0 Å². The molecule has 1 aliphatic heterocycles. The molecule has 2 aromatic heterocycles. The molecule has 0 unspecified atom stereocenters. The number of nitrogen functional groups attached to an aromatic ring is 1. The minimum Gasteiger partial charge on any atom is -0.493 e. The monoisotopic (exact) mass is 539 g/mol. The summed E-state index contributed by atoms with van der Waals surface area (Å²) in [4.78, 5) is 36.6. The highest BCUT2D eigenvalue weighted by Crippen LogP contribution is 2.31. The van der Waals surface area contributed by atoms with Gasteiger partial charge in [-0.1, -0.05) is 0 Å². The minimum atomic E-state index is -0.400. The van der Waals surface area contributed by atoms with Gasteiger partial charge in [0.05, 0.1) is 17.6 Å². The number of primary amides is 1. The number of nitrogens with two attached hydrogens (primary N) is 2. The number of nitrogens with zero attached hydrogens (tertiary/aromatic N) is 5. The summed E-state index contributed by atoms with van der Waals surface area (Å²) < 4.78 is 13.9. The summed E-state index contributed by atoms with van der Waals surface area (Å²) in [6, 6.07) is 5.49. The lowest BCUT2D eigenvalue weighted by atomic mass is 10.1. The highest BCUT2D eigenvalue weighted by Gasteiger charge is 2.20. The summed E-state index contributed by atoms with van der Waals surface area (Å²) in [5.41, 5.74) is 14.2. The smallest absolute Gasteiger partial charge is 0.315 e. The average molecular weight is 540 g/mol. The van der Waals surface area contributed by atoms with E-state index >= 15 is 0 Å². The third-order valence-corrected chi connectivity index (χ3v) is 7.14. The summed E-state index contributed by atoms with van der Waals surface area (Å²) in [6.45, 7) is 10.2. The van der Waals surface area contributed by atoms with Crippen molar-refractivity contribution in [3.05, 3.63) is 24.0 Å². The van der Waals surface area contributed by atoms with Crippen molar-refractivity contribution in [2.75, 3.05) is 38.6 Å². The van der Waals surface area contributed by atoms with E-state index in [1.165, 1.54) is 0 Å². The van der Waals surface area contributed by atoms with E-state index in [0.717, 1.165) is 54.5 Å². The second-order valence-corrected chi connectivity index (χ2v) is 10.2. The van der Waals surface area contributed by atoms with Crippen molar-refractivity contribution in [1.82, 2.24) is 24.3 Å². The molecule has 0 bridgehead atoms. The fourth-order valence-corrected chi connectivity index (χ4v) is 5.13. The van der Waals surface area contributed by atoms with E-state index in [1.807, 2.05) is 43.9 Å². The Morgan fingerprint density at radius 1 is 1.18 bits per heavy atom. The second-order valence-electron chi connectivity index (χ2n) is 10.2. The molecule has 3 heterocycles. The van der Waals surface area contributed by atoms with Crippen LogP contribution in [0.25, 0.3) is 21.9 Å². The first-order chi connectivity index (χ1) is 18.8. The molecule has 11 nitrogen and oxygen atoms in total. The number of pyridine rings is 1. The Morgan fingerprint density at radius 2 is 2.00 bits per heavy atom. The Hall–Kier alpha value is -3.60. The van der Waals surface area contributed by atoms with Gasteiger partial charge in [-0.2, -0.15) is 0 Å². The molecule has 1 saturated heterocycles. The second kappa shape index (κ2) is 13.0. The molecule has 0 saturated carbocycles. The number of anilines is 1. The molecule has 1 aliphatic rings. The number of ether oxygens (including phenoxy) is 2. The number of hydrogen-bond donors (Lipinski definition) is 2. The van der Waals surface area contributed by atoms with E-state index in [-0.39, 0.29) is 11.9 Å². The maximum Gasteiger partial charge on any atom is 0.315 e. The number of hydrogen-bond acceptors (Lipinski definition) is 7. The molecule has 39 heavy (non-hydrogen) atoms. The molecule has 3 aromatic rings. The van der Waals surface area contributed by atoms with Crippen LogP contribution in [0, 0.1) is 0 Å². The van der Waals surface area contributed by atoms with E-state index < -0.39 is 6.03 Å². The summed E-state index contributed by atoms with van der Waals surface area (Å²) in [5.74, 6) is 2.09. The Balaban J connectivity index is 1.53. The largest absolute Gasteiger partial charge is 0.493 e. The Morgan fingerprint density at radius 3 is 2.69 bits per heavy atom. The Labute approximate surface area is 229 Å². The summed E-state index contributed by atoms with van der Waals surface area (Å²) in [7, 11) is 0. The zero-order valence-electron chi connectivity index (χ0n) is 23.3. The molecule has 3 amide bonds. The van der Waals surface area contributed by atoms with Gasteiger partial charge >= 0.3 is 6.03 Å². The fourth-order valence-electron chi connectivity index (χ4n) is 5.13. The van der Waals surface area contributed by atoms with Crippen LogP contribution in [0.5, 0.6) is 5.75 Å². The van der Waals surface area contributed by atoms with Crippen molar-refractivity contribution < 1.29 is 19.1 Å². The maximum atomic E-state index is 11.8. The third kappa shape index (κ3) is 6.70. The predicted molar refractivity (Wildman–Crippen MR) is 151 cm³/mol. The van der Waals surface area contributed by atoms with Gasteiger partial charge in [0.15, 0.2) is 5.82 Å². The van der Waals surface area contributed by atoms with Gasteiger partial charge in [-0.05, 0) is 58.6 Å². The summed E-state index contributed by atoms with van der Waals surface area (Å²) in [6.07, 6.45) is 3.99. The SMILES string of the molecule is CCOCc1nc2c(N)nc3cc(OCCCN4CCCC4=O)ccc3c2n1CCCCN(C(N)=O)C(C)C. The van der Waals surface area contributed by atoms with E-state index in [2.05, 4.69) is 9.55 Å². The van der Waals surface area contributed by atoms with Crippen LogP contribution < -0.4 is 16.2 Å². The number of carbonyl (C=O) groups excluding carboxylic acids is 2. The molecule has 4 rings (SSSR count). The van der Waals surface area contributed by atoms with Crippen LogP contribution in [0.4, 0.5) is 10.6 Å². The predicted octanol–water partition coefficient (Wildman–Crippen LogP) is 3.66. The quantitative estimate of drug-likeness (QED) is 0.298. The first-order valence-corrected chi connectivity index (χ1v) is 13.9. The lowest BCUT2D eigenvalue weighted by Gasteiger charge is -2.24. The van der Waals surface area contributed by atoms with E-state index in [1.54, 1.807) is 4.90 Å². The number of rotatable bonds is 14. The number of benzene rings is 1. The number of imidazole rings is 1. The van der Waals surface area contributed by atoms with Crippen LogP contribution in [-0.2, 0) is 22.7 Å². The van der Waals surface area contributed by atoms with Gasteiger partial charge in [0.2, 0.25) is 5.91 Å². The lowest BCUT2D eigenvalue weighted by molar-refractivity contribution is -0.127. The molecule has 1 fully saturated rings. The molecule has 0 aliphatic carbocycles. The van der Waals surface area contributed by atoms with Crippen molar-refractivity contribution >= 4 is 39.7 Å². The highest BCUT2D eigenvalue weighted by molar-refractivity contribution is 6.06. The third-order valence-electron chi connectivity index (χ3n) is 7.14. The molecular formula is C28H41N7O4. The Bertz CT molecular complexity index is 1310. The number of amides is 3. The number of fused-ring (bicyclic) bond motifs is 3. The molecule has 212 valence electrons. The molecule has 11 heteroatoms. The summed E-state index contributed by atoms with van der Waals surface area (Å²) in [5, 5.41) is 0.936. The number of aryl methyl sites for hydroxylation is 1. The van der Waals surface area contributed by atoms with Crippen LogP contribution in [0.3, 0.4) is 0 Å². The van der Waals surface area contributed by atoms with Crippen LogP contribution in [-0.4, -0.2) is 75.2 Å². The zero-order valence-corrected chi connectivity index (χ0v) is 23.3. The zero-order chi connectivity index (χ0) is 27.9. The van der Waals surface area contributed by atoms with Crippen LogP contribution >= 0.6 is 0 Å². The number of carbonyl (C=O) groups is 2. The number of aromatic nitrogens is 3. The average Bonchev–Trinajstić information content (AvgIpc) is 3.48. The van der Waals surface area contributed by atoms with Gasteiger partial charge in [0.1, 0.15) is 23.7 Å². The number of likely N-dealkylation sites (tertiary alicyclic amines) is 1. The highest BCUT2D eigenvalue weighted by atomic mass is 16.5. The topological polar surface area (TPSA) is 142 Å². The first kappa shape index (κ1) is 28.4. The van der Waals surface area contributed by atoms with Crippen molar-refractivity contribution in [3.63, 3.8) is 0 Å². The molecule has 1 aromatic carbocycles. The minimum absolute atomic E-state index is 0.0547. The van der Waals surface area contributed by atoms with E-state index in [0.29, 0.717) is 63.0 Å². The molecule has 0 spiro atoms. The molecule has 0 atom stereocenters. The van der Waals surface area contributed by atoms with Gasteiger partial charge < -0.3 is 35.3 Å². The van der Waals surface area contributed by atoms with Gasteiger partial charge in [0, 0.05) is 56.7 Å². The van der Waals surface area contributed by atoms with Crippen LogP contribution in [0.1, 0.15) is 58.7 Å². The standard InChI is InChI=1S/C28H41N7O4/c1-4-38-18-23-32-25-26(35(23)15-6-5-14-34(19(2)3)28(30)37)21-11-10-20(17-22(21)31-27(25)29)39-16-8-13-33-12-7-9-24(33)36/h10-11,17,19H,4-9,12-16,18H2,1-3H3,(H2,29,31)(H2,30,37). The van der Waals surface area contributed by atoms with Gasteiger partial charge in [-0.25, -0.2) is 14.8 Å². The Kier molecular flexibility index (Phi) is 9.45. The fraction of sp³-hybridized carbons (Fsp3) is 0.571. The molecular weight excluding hydrogens is 498 g/mol. The van der Waals surface area contributed by atoms with Crippen LogP contribution in [0.15, 0.2) is 18.2 Å². The number of unbranched alkanes of at least 4 members (excludes halogenated alkanes) is 1. The first-order valence-electron chi connectivity index (χ1n) is 13.9. The van der Waals surface area contributed by atoms with Crippen molar-refractivity contribution in [2.24, 2.45) is 5.73 Å². The van der Waals surface area contributed by atoms with Gasteiger partial charge in [0.25, 0.3) is 0 Å². The number of urea groups is 1. The van der Waals surface area contributed by atoms with Crippen LogP contribution in [0.2, 0.25) is 0 Å². The molecule has 0 radical (unpaired) electrons. The summed E-state index contributed by atoms with van der Waals surface area (Å²) >= 11 is 0. The molecule has 4 N–H and O–H groups in total. The van der Waals surface area contributed by atoms with E-state index in [4.69, 9.17) is 25.9 Å².